The van der Waals surface area contributed by atoms with Crippen molar-refractivity contribution in [2.24, 2.45) is 0 Å². The molecule has 0 spiro atoms. The number of alkyl carbamates (subject to hydrolysis) is 1. The number of rotatable bonds is 4. The highest BCUT2D eigenvalue weighted by molar-refractivity contribution is 5.93. The Hall–Kier alpha value is -2.56. The first kappa shape index (κ1) is 15.8. The fraction of sp³-hybridized carbons (Fsp3) is 0.294. The zero-order valence-corrected chi connectivity index (χ0v) is 13.1. The molecule has 0 saturated heterocycles. The van der Waals surface area contributed by atoms with E-state index in [1.807, 2.05) is 57.3 Å². The number of fused-ring (bicyclic) bond motifs is 1. The Bertz CT molecular complexity index is 670. The van der Waals surface area contributed by atoms with Gasteiger partial charge in [0.25, 0.3) is 0 Å². The predicted molar refractivity (Wildman–Crippen MR) is 88.7 cm³/mol. The van der Waals surface area contributed by atoms with E-state index in [1.54, 1.807) is 12.4 Å². The lowest BCUT2D eigenvalue weighted by Gasteiger charge is -2.18. The van der Waals surface area contributed by atoms with E-state index < -0.39 is 11.7 Å². The average Bonchev–Trinajstić information content (AvgIpc) is 2.45. The summed E-state index contributed by atoms with van der Waals surface area (Å²) in [4.78, 5) is 15.6. The summed E-state index contributed by atoms with van der Waals surface area (Å²) in [5, 5.41) is 8.08. The summed E-state index contributed by atoms with van der Waals surface area (Å²) in [6.45, 7) is 6.07. The molecule has 0 radical (unpaired) electrons. The fourth-order valence-electron chi connectivity index (χ4n) is 1.94. The van der Waals surface area contributed by atoms with E-state index in [1.165, 1.54) is 0 Å². The van der Waals surface area contributed by atoms with Crippen LogP contribution in [0.1, 0.15) is 20.8 Å². The minimum atomic E-state index is -0.493. The van der Waals surface area contributed by atoms with Crippen molar-refractivity contribution in [3.05, 3.63) is 48.9 Å². The number of hydrogen-bond donors (Lipinski definition) is 2. The number of carbonyl (C=O) groups is 1. The first-order chi connectivity index (χ1) is 10.5. The SMILES string of the molecule is CC(C)(C)OC(=O)NC=CCNc1cccc2cnccc12. The number of benzene rings is 1. The molecule has 0 aliphatic rings. The van der Waals surface area contributed by atoms with Crippen LogP contribution in [0.25, 0.3) is 10.8 Å². The lowest BCUT2D eigenvalue weighted by molar-refractivity contribution is 0.0552. The number of amides is 1. The van der Waals surface area contributed by atoms with Crippen molar-refractivity contribution >= 4 is 22.6 Å². The van der Waals surface area contributed by atoms with Gasteiger partial charge < -0.3 is 10.1 Å². The van der Waals surface area contributed by atoms with Gasteiger partial charge in [0.1, 0.15) is 5.60 Å². The first-order valence-corrected chi connectivity index (χ1v) is 7.17. The molecule has 0 aliphatic carbocycles. The lowest BCUT2D eigenvalue weighted by atomic mass is 10.1. The molecule has 0 unspecified atom stereocenters. The standard InChI is InChI=1S/C17H21N3O2/c1-17(2,3)22-16(21)20-10-5-9-19-15-7-4-6-13-12-18-11-8-14(13)15/h4-8,10-12,19H,9H2,1-3H3,(H,20,21). The third-order valence-electron chi connectivity index (χ3n) is 2.81. The zero-order valence-electron chi connectivity index (χ0n) is 13.1. The van der Waals surface area contributed by atoms with Gasteiger partial charge in [-0.15, -0.1) is 0 Å². The second-order valence-corrected chi connectivity index (χ2v) is 5.83. The van der Waals surface area contributed by atoms with Gasteiger partial charge in [-0.1, -0.05) is 12.1 Å². The van der Waals surface area contributed by atoms with Crippen LogP contribution in [-0.2, 0) is 4.74 Å². The topological polar surface area (TPSA) is 63.2 Å². The quantitative estimate of drug-likeness (QED) is 0.904. The highest BCUT2D eigenvalue weighted by atomic mass is 16.6. The second kappa shape index (κ2) is 6.93. The van der Waals surface area contributed by atoms with Crippen LogP contribution in [0.3, 0.4) is 0 Å². The van der Waals surface area contributed by atoms with Crippen molar-refractivity contribution < 1.29 is 9.53 Å². The fourth-order valence-corrected chi connectivity index (χ4v) is 1.94. The zero-order chi connectivity index (χ0) is 16.0. The third kappa shape index (κ3) is 4.77. The summed E-state index contributed by atoms with van der Waals surface area (Å²) in [5.41, 5.74) is 0.537. The Kier molecular flexibility index (Phi) is 4.99. The smallest absolute Gasteiger partial charge is 0.411 e. The molecule has 0 atom stereocenters. The molecule has 5 heteroatoms. The van der Waals surface area contributed by atoms with E-state index in [-0.39, 0.29) is 0 Å². The molecule has 0 fully saturated rings. The van der Waals surface area contributed by atoms with Crippen LogP contribution in [0.2, 0.25) is 0 Å². The number of nitrogens with one attached hydrogen (secondary N) is 2. The summed E-state index contributed by atoms with van der Waals surface area (Å²) < 4.78 is 5.13. The molecule has 1 amide bonds. The summed E-state index contributed by atoms with van der Waals surface area (Å²) in [6, 6.07) is 7.99. The molecule has 1 aromatic carbocycles. The number of nitrogens with zero attached hydrogens (tertiary/aromatic N) is 1. The van der Waals surface area contributed by atoms with E-state index in [9.17, 15) is 4.79 Å². The number of ether oxygens (including phenoxy) is 1. The van der Waals surface area contributed by atoms with Crippen LogP contribution < -0.4 is 10.6 Å². The van der Waals surface area contributed by atoms with Crippen molar-refractivity contribution in [2.75, 3.05) is 11.9 Å². The summed E-state index contributed by atoms with van der Waals surface area (Å²) in [5.74, 6) is 0. The van der Waals surface area contributed by atoms with Gasteiger partial charge in [0.2, 0.25) is 0 Å². The average molecular weight is 299 g/mol. The van der Waals surface area contributed by atoms with E-state index in [4.69, 9.17) is 4.74 Å². The Labute approximate surface area is 130 Å². The van der Waals surface area contributed by atoms with Crippen LogP contribution in [0.4, 0.5) is 10.5 Å². The minimum Gasteiger partial charge on any atom is -0.444 e. The van der Waals surface area contributed by atoms with E-state index in [2.05, 4.69) is 15.6 Å². The maximum absolute atomic E-state index is 11.5. The van der Waals surface area contributed by atoms with Crippen LogP contribution in [0, 0.1) is 0 Å². The molecule has 0 aliphatic heterocycles. The summed E-state index contributed by atoms with van der Waals surface area (Å²) in [6.07, 6.45) is 6.55. The molecule has 5 nitrogen and oxygen atoms in total. The Morgan fingerprint density at radius 1 is 1.32 bits per heavy atom. The Balaban J connectivity index is 1.85. The maximum Gasteiger partial charge on any atom is 0.411 e. The van der Waals surface area contributed by atoms with Gasteiger partial charge in [0.15, 0.2) is 0 Å². The maximum atomic E-state index is 11.5. The van der Waals surface area contributed by atoms with Crippen LogP contribution >= 0.6 is 0 Å². The lowest BCUT2D eigenvalue weighted by Crippen LogP contribution is -2.29. The number of hydrogen-bond acceptors (Lipinski definition) is 4. The molecule has 0 bridgehead atoms. The van der Waals surface area contributed by atoms with E-state index >= 15 is 0 Å². The third-order valence-corrected chi connectivity index (χ3v) is 2.81. The van der Waals surface area contributed by atoms with Crippen molar-refractivity contribution in [1.82, 2.24) is 10.3 Å². The first-order valence-electron chi connectivity index (χ1n) is 7.17. The Morgan fingerprint density at radius 3 is 2.91 bits per heavy atom. The molecule has 2 rings (SSSR count). The normalized spacial score (nSPS) is 11.6. The molecule has 22 heavy (non-hydrogen) atoms. The predicted octanol–water partition coefficient (Wildman–Crippen LogP) is 3.69. The highest BCUT2D eigenvalue weighted by Gasteiger charge is 2.14. The monoisotopic (exact) mass is 299 g/mol. The molecular weight excluding hydrogens is 278 g/mol. The summed E-state index contributed by atoms with van der Waals surface area (Å²) >= 11 is 0. The van der Waals surface area contributed by atoms with Crippen molar-refractivity contribution in [2.45, 2.75) is 26.4 Å². The number of aromatic nitrogens is 1. The molecule has 0 saturated carbocycles. The van der Waals surface area contributed by atoms with Gasteiger partial charge in [-0.3, -0.25) is 10.3 Å². The summed E-state index contributed by atoms with van der Waals surface area (Å²) in [7, 11) is 0. The van der Waals surface area contributed by atoms with Gasteiger partial charge in [-0.05, 0) is 39.0 Å². The molecule has 2 aromatic rings. The second-order valence-electron chi connectivity index (χ2n) is 5.83. The van der Waals surface area contributed by atoms with Crippen molar-refractivity contribution in [3.8, 4) is 0 Å². The molecule has 1 heterocycles. The van der Waals surface area contributed by atoms with Crippen LogP contribution in [0.5, 0.6) is 0 Å². The molecule has 1 aromatic heterocycles. The Morgan fingerprint density at radius 2 is 2.14 bits per heavy atom. The number of pyridine rings is 1. The molecule has 116 valence electrons. The van der Waals surface area contributed by atoms with E-state index in [0.29, 0.717) is 6.54 Å². The van der Waals surface area contributed by atoms with Gasteiger partial charge in [0, 0.05) is 41.6 Å². The van der Waals surface area contributed by atoms with Crippen LogP contribution in [-0.4, -0.2) is 23.2 Å². The van der Waals surface area contributed by atoms with Gasteiger partial charge in [-0.25, -0.2) is 4.79 Å². The van der Waals surface area contributed by atoms with Crippen molar-refractivity contribution in [1.29, 1.82) is 0 Å². The number of carbonyl (C=O) groups excluding carboxylic acids is 1. The number of anilines is 1. The molecular formula is C17H21N3O2. The van der Waals surface area contributed by atoms with Crippen molar-refractivity contribution in [3.63, 3.8) is 0 Å². The largest absolute Gasteiger partial charge is 0.444 e. The van der Waals surface area contributed by atoms with Gasteiger partial charge >= 0.3 is 6.09 Å². The minimum absolute atomic E-state index is 0.458. The molecule has 2 N–H and O–H groups in total. The van der Waals surface area contributed by atoms with Crippen LogP contribution in [0.15, 0.2) is 48.9 Å². The van der Waals surface area contributed by atoms with Gasteiger partial charge in [-0.2, -0.15) is 0 Å². The van der Waals surface area contributed by atoms with E-state index in [0.717, 1.165) is 16.5 Å². The van der Waals surface area contributed by atoms with Gasteiger partial charge in [0.05, 0.1) is 0 Å². The highest BCUT2D eigenvalue weighted by Crippen LogP contribution is 2.21.